The van der Waals surface area contributed by atoms with Gasteiger partial charge in [-0.15, -0.1) is 0 Å². The molecule has 202 valence electrons. The van der Waals surface area contributed by atoms with Crippen LogP contribution in [0.2, 0.25) is 13.1 Å². The highest BCUT2D eigenvalue weighted by molar-refractivity contribution is 6.98. The van der Waals surface area contributed by atoms with Crippen LogP contribution in [0.3, 0.4) is 0 Å². The van der Waals surface area contributed by atoms with E-state index < -0.39 is 117 Å². The molecule has 1 aliphatic carbocycles. The highest BCUT2D eigenvalue weighted by Gasteiger charge is 2.43. The molecule has 3 heterocycles. The number of hydrogen-bond acceptors (Lipinski definition) is 3. The molecule has 2 fully saturated rings. The molecule has 0 unspecified atom stereocenters. The zero-order valence-electron chi connectivity index (χ0n) is 36.2. The van der Waals surface area contributed by atoms with Crippen molar-refractivity contribution in [2.24, 2.45) is 0 Å². The first kappa shape index (κ1) is 13.3. The number of fused-ring (bicyclic) bond motifs is 2. The van der Waals surface area contributed by atoms with E-state index in [0.717, 1.165) is 36.4 Å². The maximum Gasteiger partial charge on any atom is 0.199 e. The van der Waals surface area contributed by atoms with Gasteiger partial charge < -0.3 is 14.8 Å². The Kier molecular flexibility index (Phi) is 3.17. The lowest BCUT2D eigenvalue weighted by Gasteiger charge is -2.38. The zero-order chi connectivity index (χ0) is 42.0. The molecule has 3 aliphatic heterocycles. The number of carboxylic acid groups (broad SMARTS) is 1. The van der Waals surface area contributed by atoms with Crippen LogP contribution in [0.4, 0.5) is 23.2 Å². The Labute approximate surface area is 247 Å². The topological polar surface area (TPSA) is 46.4 Å². The number of anilines is 1. The van der Waals surface area contributed by atoms with Crippen molar-refractivity contribution >= 4 is 36.2 Å². The molecule has 0 N–H and O–H groups in total. The van der Waals surface area contributed by atoms with Crippen LogP contribution in [0.5, 0.6) is 0 Å². The molecule has 9 heteroatoms. The highest BCUT2D eigenvalue weighted by Crippen LogP contribution is 2.44. The van der Waals surface area contributed by atoms with Crippen molar-refractivity contribution in [3.63, 3.8) is 0 Å². The average Bonchev–Trinajstić information content (AvgIpc) is 3.17. The van der Waals surface area contributed by atoms with Gasteiger partial charge in [0, 0.05) is 71.2 Å². The van der Waals surface area contributed by atoms with Crippen molar-refractivity contribution in [1.29, 1.82) is 0 Å². The molecule has 2 aromatic carbocycles. The summed E-state index contributed by atoms with van der Waals surface area (Å²) in [7, 11) is -3.69. The fourth-order valence-corrected chi connectivity index (χ4v) is 8.15. The number of halogens is 4. The van der Waals surface area contributed by atoms with Gasteiger partial charge in [-0.3, -0.25) is 0 Å². The van der Waals surface area contributed by atoms with E-state index in [1.54, 1.807) is 0 Å². The Morgan fingerprint density at radius 1 is 0.974 bits per heavy atom. The molecule has 0 amide bonds. The fraction of sp³-hybridized carbons (Fsp3) is 0.333. The van der Waals surface area contributed by atoms with E-state index in [1.807, 2.05) is 0 Å². The van der Waals surface area contributed by atoms with Crippen molar-refractivity contribution in [2.75, 3.05) is 30.9 Å². The van der Waals surface area contributed by atoms with Crippen LogP contribution in [-0.2, 0) is 0 Å². The van der Waals surface area contributed by atoms with Gasteiger partial charge in [-0.05, 0) is 58.0 Å². The van der Waals surface area contributed by atoms with E-state index >= 15 is 8.78 Å². The van der Waals surface area contributed by atoms with Crippen molar-refractivity contribution in [1.82, 2.24) is 0 Å². The smallest absolute Gasteiger partial charge is 0.199 e. The second kappa shape index (κ2) is 9.33. The van der Waals surface area contributed by atoms with Gasteiger partial charge in [0.05, 0.1) is 5.97 Å². The van der Waals surface area contributed by atoms with Crippen LogP contribution in [0.25, 0.3) is 5.57 Å². The normalized spacial score (nSPS) is 36.4. The fourth-order valence-electron chi connectivity index (χ4n) is 5.08. The van der Waals surface area contributed by atoms with Gasteiger partial charge in [-0.1, -0.05) is 19.2 Å². The lowest BCUT2D eigenvalue weighted by Crippen LogP contribution is -2.50. The van der Waals surface area contributed by atoms with Crippen LogP contribution >= 0.6 is 0 Å². The van der Waals surface area contributed by atoms with E-state index in [-0.39, 0.29) is 31.0 Å². The number of nitrogens with zero attached hydrogens (tertiary/aromatic N) is 2. The number of carboxylic acids is 1. The average molecular weight is 569 g/mol. The Morgan fingerprint density at radius 3 is 2.31 bits per heavy atom. The second-order valence-electron chi connectivity index (χ2n) is 9.37. The molecule has 0 spiro atoms. The van der Waals surface area contributed by atoms with E-state index in [2.05, 4.69) is 0 Å². The maximum absolute atomic E-state index is 16.0. The molecule has 0 radical (unpaired) electrons. The van der Waals surface area contributed by atoms with Gasteiger partial charge in [-0.2, -0.15) is 0 Å². The lowest BCUT2D eigenvalue weighted by molar-refractivity contribution is -0.504. The third-order valence-corrected chi connectivity index (χ3v) is 10.4. The van der Waals surface area contributed by atoms with E-state index in [1.165, 1.54) is 13.1 Å². The van der Waals surface area contributed by atoms with Gasteiger partial charge in [0.25, 0.3) is 0 Å². The lowest BCUT2D eigenvalue weighted by atomic mass is 9.86. The summed E-state index contributed by atoms with van der Waals surface area (Å²) in [4.78, 5) is 12.5. The number of carbonyl (C=O) groups excluding carboxylic acids is 1. The number of hydrogen-bond donors (Lipinski definition) is 0. The molecule has 0 bridgehead atoms. The third kappa shape index (κ3) is 3.92. The van der Waals surface area contributed by atoms with Crippen molar-refractivity contribution < 1.29 is 54.0 Å². The summed E-state index contributed by atoms with van der Waals surface area (Å²) < 4.78 is 195. The Morgan fingerprint density at radius 2 is 1.64 bits per heavy atom. The van der Waals surface area contributed by atoms with E-state index in [9.17, 15) is 18.7 Å². The van der Waals surface area contributed by atoms with Crippen LogP contribution in [0, 0.1) is 23.3 Å². The Balaban J connectivity index is 1.77. The van der Waals surface area contributed by atoms with E-state index in [0.29, 0.717) is 0 Å². The minimum absolute atomic E-state index is 0.0591. The molecular weight excluding hydrogens is 524 g/mol. The number of aromatic carboxylic acids is 1. The summed E-state index contributed by atoms with van der Waals surface area (Å²) in [5.41, 5.74) is -5.33. The summed E-state index contributed by atoms with van der Waals surface area (Å²) in [5, 5.41) is 12.2. The van der Waals surface area contributed by atoms with Crippen molar-refractivity contribution in [2.45, 2.75) is 38.6 Å². The first-order valence-corrected chi connectivity index (χ1v) is 14.5. The van der Waals surface area contributed by atoms with Crippen LogP contribution in [0.15, 0.2) is 47.2 Å². The maximum atomic E-state index is 16.0. The summed E-state index contributed by atoms with van der Waals surface area (Å²) >= 11 is 0. The van der Waals surface area contributed by atoms with Crippen LogP contribution in [-0.4, -0.2) is 50.3 Å². The first-order valence-electron chi connectivity index (χ1n) is 19.5. The van der Waals surface area contributed by atoms with Gasteiger partial charge >= 0.3 is 0 Å². The number of carbonyl (C=O) groups is 1. The predicted octanol–water partition coefficient (Wildman–Crippen LogP) is 4.22. The number of benzene rings is 2. The minimum Gasteiger partial charge on any atom is -0.545 e. The predicted molar refractivity (Wildman–Crippen MR) is 143 cm³/mol. The standard InChI is InChI=1S/C30H28F4N2O2Si/c1-39(2)21-15-17(35-11-3-4-12-35)7-9-19(21)23(20-10-8-18(16-22(20)39)36-13-5-6-14-36)24-25(30(37)38)27(32)29(34)28(33)26(24)31/h7-10,15-16H,3-6,11-14H2,1-2H3/i3D2,4D2,5D2,6D2,11D2,12D2,13D2,14D2. The number of allylic oxidation sites excluding steroid dienone is 5. The molecule has 2 saturated heterocycles. The largest absolute Gasteiger partial charge is 0.545 e. The van der Waals surface area contributed by atoms with Crippen LogP contribution < -0.4 is 15.2 Å². The van der Waals surface area contributed by atoms with Gasteiger partial charge in [0.1, 0.15) is 26.6 Å². The van der Waals surface area contributed by atoms with Gasteiger partial charge in [-0.25, -0.2) is 22.1 Å². The Bertz CT molecular complexity index is 2220. The summed E-state index contributed by atoms with van der Waals surface area (Å²) in [6, 6.07) is 3.02. The molecule has 0 saturated carbocycles. The number of rotatable bonds is 3. The summed E-state index contributed by atoms with van der Waals surface area (Å²) in [6.45, 7) is -10.6. The first-order chi connectivity index (χ1) is 24.6. The molecule has 2 aromatic rings. The van der Waals surface area contributed by atoms with Crippen LogP contribution in [0.1, 0.15) is 68.9 Å². The minimum atomic E-state index is -3.69. The van der Waals surface area contributed by atoms with Gasteiger partial charge in [0.15, 0.2) is 29.0 Å². The Hall–Kier alpha value is -3.46. The molecular formula is C30H28F4N2O2Si. The van der Waals surface area contributed by atoms with Crippen molar-refractivity contribution in [3.8, 4) is 0 Å². The molecule has 6 rings (SSSR count). The highest BCUT2D eigenvalue weighted by atomic mass is 28.3. The van der Waals surface area contributed by atoms with Crippen molar-refractivity contribution in [3.05, 3.63) is 87.2 Å². The second-order valence-corrected chi connectivity index (χ2v) is 13.7. The quantitative estimate of drug-likeness (QED) is 0.183. The summed E-state index contributed by atoms with van der Waals surface area (Å²) in [6.07, 6.45) is -11.0. The monoisotopic (exact) mass is 568 g/mol. The molecule has 0 aromatic heterocycles. The zero-order valence-corrected chi connectivity index (χ0v) is 21.2. The molecule has 39 heavy (non-hydrogen) atoms. The van der Waals surface area contributed by atoms with E-state index in [4.69, 9.17) is 21.9 Å². The molecule has 0 atom stereocenters. The SMILES string of the molecule is [2H]C1([2H])N(c2ccc3c(c2)[Si](C)(C)C2=CC(=[N+]4C([2H])([2H])C([2H])([2H])C([2H])([2H])C4([2H])[2H])C=CC2=C3c2c(F)c(F)c(F)c(F)c2C(=O)[O-])C([2H])([2H])C([2H])([2H])C1([2H])[2H]. The summed E-state index contributed by atoms with van der Waals surface area (Å²) in [5.74, 6) is -12.0. The van der Waals surface area contributed by atoms with Gasteiger partial charge in [0.2, 0.25) is 0 Å². The molecule has 4 nitrogen and oxygen atoms in total. The third-order valence-electron chi connectivity index (χ3n) is 6.93. The molecule has 4 aliphatic rings.